The van der Waals surface area contributed by atoms with Gasteiger partial charge >= 0.3 is 5.97 Å². The van der Waals surface area contributed by atoms with Crippen LogP contribution in [0.2, 0.25) is 0 Å². The molecule has 5 heteroatoms. The average molecular weight is 271 g/mol. The van der Waals surface area contributed by atoms with E-state index in [1.54, 1.807) is 0 Å². The summed E-state index contributed by atoms with van der Waals surface area (Å²) in [6, 6.07) is 9.46. The smallest absolute Gasteiger partial charge is 0.309 e. The fourth-order valence-electron chi connectivity index (χ4n) is 3.15. The van der Waals surface area contributed by atoms with E-state index in [9.17, 15) is 4.79 Å². The van der Waals surface area contributed by atoms with E-state index in [1.165, 1.54) is 0 Å². The van der Waals surface area contributed by atoms with Crippen molar-refractivity contribution in [3.8, 4) is 0 Å². The minimum absolute atomic E-state index is 0.136. The lowest BCUT2D eigenvalue weighted by Gasteiger charge is -2.30. The highest BCUT2D eigenvalue weighted by Gasteiger charge is 2.56. The van der Waals surface area contributed by atoms with Crippen LogP contribution >= 0.6 is 0 Å². The Morgan fingerprint density at radius 1 is 1.50 bits per heavy atom. The van der Waals surface area contributed by atoms with E-state index >= 15 is 0 Å². The Labute approximate surface area is 120 Å². The first-order valence-corrected chi connectivity index (χ1v) is 6.97. The fraction of sp³-hybridized carbons (Fsp3) is 0.533. The van der Waals surface area contributed by atoms with E-state index in [1.807, 2.05) is 30.3 Å². The topological polar surface area (TPSA) is 47.6 Å². The van der Waals surface area contributed by atoms with Gasteiger partial charge in [-0.2, -0.15) is 0 Å². The van der Waals surface area contributed by atoms with Crippen molar-refractivity contribution < 1.29 is 14.3 Å². The summed E-state index contributed by atoms with van der Waals surface area (Å²) in [5.41, 5.74) is 0.482. The molecule has 2 fully saturated rings. The van der Waals surface area contributed by atoms with Crippen LogP contribution in [0.3, 0.4) is 0 Å². The molecule has 3 rings (SSSR count). The van der Waals surface area contributed by atoms with Crippen LogP contribution < -0.4 is 5.32 Å². The van der Waals surface area contributed by atoms with Gasteiger partial charge in [-0.1, -0.05) is 37.3 Å². The summed E-state index contributed by atoms with van der Waals surface area (Å²) in [7, 11) is 5.90. The van der Waals surface area contributed by atoms with Gasteiger partial charge in [0.25, 0.3) is 0 Å². The number of ether oxygens (including phenoxy) is 2. The second-order valence-corrected chi connectivity index (χ2v) is 5.67. The number of rotatable bonds is 4. The number of carbonyl (C=O) groups is 1. The van der Waals surface area contributed by atoms with Crippen molar-refractivity contribution >= 4 is 13.8 Å². The third-order valence-corrected chi connectivity index (χ3v) is 4.42. The van der Waals surface area contributed by atoms with Gasteiger partial charge in [-0.05, 0) is 5.56 Å². The molecule has 2 saturated heterocycles. The van der Waals surface area contributed by atoms with Crippen LogP contribution in [-0.4, -0.2) is 38.0 Å². The fourth-order valence-corrected chi connectivity index (χ4v) is 3.15. The van der Waals surface area contributed by atoms with E-state index in [0.717, 1.165) is 5.56 Å². The van der Waals surface area contributed by atoms with Crippen LogP contribution in [0.5, 0.6) is 0 Å². The molecule has 1 aromatic carbocycles. The van der Waals surface area contributed by atoms with Gasteiger partial charge in [-0.15, -0.1) is 0 Å². The van der Waals surface area contributed by atoms with Gasteiger partial charge in [0.2, 0.25) is 0 Å². The highest BCUT2D eigenvalue weighted by atomic mass is 16.5. The highest BCUT2D eigenvalue weighted by Crippen LogP contribution is 2.42. The number of esters is 1. The molecule has 1 N–H and O–H groups in total. The maximum Gasteiger partial charge on any atom is 0.309 e. The molecule has 1 aromatic rings. The highest BCUT2D eigenvalue weighted by molar-refractivity contribution is 6.12. The predicted molar refractivity (Wildman–Crippen MR) is 75.2 cm³/mol. The zero-order valence-electron chi connectivity index (χ0n) is 11.5. The van der Waals surface area contributed by atoms with Gasteiger partial charge in [0, 0.05) is 24.5 Å². The summed E-state index contributed by atoms with van der Waals surface area (Å²) in [5.74, 6) is -0.0148. The number of hydrogen-bond acceptors (Lipinski definition) is 4. The molecule has 4 atom stereocenters. The SMILES string of the molecule is [B][C@@H]1O[C@]2(CC(=O)OCc3ccccc3)CNC1[C@@H]2C. The number of fused-ring (bicyclic) bond motifs is 2. The monoisotopic (exact) mass is 271 g/mol. The second kappa shape index (κ2) is 5.22. The van der Waals surface area contributed by atoms with Crippen LogP contribution in [0, 0.1) is 5.92 Å². The molecule has 0 aromatic heterocycles. The van der Waals surface area contributed by atoms with Crippen molar-refractivity contribution in [1.29, 1.82) is 0 Å². The first-order valence-electron chi connectivity index (χ1n) is 6.97. The Bertz CT molecular complexity index is 495. The van der Waals surface area contributed by atoms with Crippen molar-refractivity contribution in [3.63, 3.8) is 0 Å². The largest absolute Gasteiger partial charge is 0.461 e. The maximum atomic E-state index is 12.0. The molecule has 1 unspecified atom stereocenters. The molecule has 2 bridgehead atoms. The molecule has 2 aliphatic heterocycles. The lowest BCUT2D eigenvalue weighted by atomic mass is 9.84. The molecule has 2 aliphatic rings. The summed E-state index contributed by atoms with van der Waals surface area (Å²) in [5, 5.41) is 3.32. The number of carbonyl (C=O) groups excluding carboxylic acids is 1. The van der Waals surface area contributed by atoms with E-state index in [2.05, 4.69) is 12.2 Å². The van der Waals surface area contributed by atoms with Crippen molar-refractivity contribution in [2.24, 2.45) is 5.92 Å². The van der Waals surface area contributed by atoms with Crippen molar-refractivity contribution in [2.75, 3.05) is 6.54 Å². The maximum absolute atomic E-state index is 12.0. The van der Waals surface area contributed by atoms with Gasteiger partial charge in [0.05, 0.1) is 12.0 Å². The van der Waals surface area contributed by atoms with Gasteiger partial charge in [-0.3, -0.25) is 4.79 Å². The standard InChI is InChI=1S/C15H18BNO3/c1-10-13-14(16)20-15(10,9-17-13)7-12(18)19-8-11-5-3-2-4-6-11/h2-6,10,13-14,17H,7-9H2,1H3/t10-,13?,14+,15+/m0/s1. The van der Waals surface area contributed by atoms with Crippen LogP contribution in [0.15, 0.2) is 30.3 Å². The number of morpholine rings is 1. The normalized spacial score (nSPS) is 35.1. The number of benzene rings is 1. The first kappa shape index (κ1) is 13.6. The minimum atomic E-state index is -0.502. The lowest BCUT2D eigenvalue weighted by Crippen LogP contribution is -2.46. The summed E-state index contributed by atoms with van der Waals surface area (Å²) < 4.78 is 11.1. The average Bonchev–Trinajstić information content (AvgIpc) is 2.86. The van der Waals surface area contributed by atoms with Gasteiger partial charge in [0.15, 0.2) is 0 Å². The molecule has 4 nitrogen and oxygen atoms in total. The van der Waals surface area contributed by atoms with Gasteiger partial charge in [0.1, 0.15) is 14.5 Å². The lowest BCUT2D eigenvalue weighted by molar-refractivity contribution is -0.153. The summed E-state index contributed by atoms with van der Waals surface area (Å²) >= 11 is 0. The Balaban J connectivity index is 1.57. The zero-order valence-corrected chi connectivity index (χ0v) is 11.5. The molecule has 104 valence electrons. The predicted octanol–water partition coefficient (Wildman–Crippen LogP) is 0.991. The van der Waals surface area contributed by atoms with Gasteiger partial charge < -0.3 is 14.8 Å². The Kier molecular flexibility index (Phi) is 3.56. The minimum Gasteiger partial charge on any atom is -0.461 e. The molecule has 0 spiro atoms. The second-order valence-electron chi connectivity index (χ2n) is 5.67. The van der Waals surface area contributed by atoms with Crippen molar-refractivity contribution in [3.05, 3.63) is 35.9 Å². The molecule has 0 aliphatic carbocycles. The first-order chi connectivity index (χ1) is 9.61. The Morgan fingerprint density at radius 3 is 2.85 bits per heavy atom. The van der Waals surface area contributed by atoms with Crippen LogP contribution in [0.1, 0.15) is 18.9 Å². The molecule has 0 amide bonds. The zero-order chi connectivity index (χ0) is 14.2. The van der Waals surface area contributed by atoms with E-state index in [-0.39, 0.29) is 30.4 Å². The third kappa shape index (κ3) is 2.36. The Morgan fingerprint density at radius 2 is 2.25 bits per heavy atom. The number of hydrogen-bond donors (Lipinski definition) is 1. The van der Waals surface area contributed by atoms with Crippen LogP contribution in [0.4, 0.5) is 0 Å². The summed E-state index contributed by atoms with van der Waals surface area (Å²) in [6.07, 6.45) is 0.248. The molecular formula is C15H18BNO3. The van der Waals surface area contributed by atoms with E-state index in [4.69, 9.17) is 17.3 Å². The van der Waals surface area contributed by atoms with E-state index in [0.29, 0.717) is 13.2 Å². The molecule has 0 saturated carbocycles. The number of nitrogens with one attached hydrogen (secondary N) is 1. The van der Waals surface area contributed by atoms with E-state index < -0.39 is 5.60 Å². The summed E-state index contributed by atoms with van der Waals surface area (Å²) in [4.78, 5) is 12.0. The van der Waals surface area contributed by atoms with Crippen LogP contribution in [-0.2, 0) is 20.9 Å². The molecular weight excluding hydrogens is 253 g/mol. The molecule has 2 radical (unpaired) electrons. The molecule has 20 heavy (non-hydrogen) atoms. The molecule has 2 heterocycles. The summed E-state index contributed by atoms with van der Waals surface area (Å²) in [6.45, 7) is 3.03. The van der Waals surface area contributed by atoms with Gasteiger partial charge in [-0.25, -0.2) is 0 Å². The van der Waals surface area contributed by atoms with Crippen LogP contribution in [0.25, 0.3) is 0 Å². The Hall–Kier alpha value is -1.33. The third-order valence-electron chi connectivity index (χ3n) is 4.42. The van der Waals surface area contributed by atoms with Crippen molar-refractivity contribution in [1.82, 2.24) is 5.32 Å². The quantitative estimate of drug-likeness (QED) is 0.655. The van der Waals surface area contributed by atoms with Crippen molar-refractivity contribution in [2.45, 2.75) is 37.6 Å².